The van der Waals surface area contributed by atoms with E-state index in [1.54, 1.807) is 17.2 Å². The maximum Gasteiger partial charge on any atom is 0.322 e. The van der Waals surface area contributed by atoms with E-state index in [0.29, 0.717) is 24.6 Å². The molecular formula is C29H39N5O6. The van der Waals surface area contributed by atoms with Gasteiger partial charge < -0.3 is 21.3 Å². The first kappa shape index (κ1) is 29.4. The Labute approximate surface area is 233 Å². The molecule has 0 saturated heterocycles. The highest BCUT2D eigenvalue weighted by Crippen LogP contribution is 2.47. The van der Waals surface area contributed by atoms with E-state index in [2.05, 4.69) is 15.6 Å². The molecule has 2 fully saturated rings. The summed E-state index contributed by atoms with van der Waals surface area (Å²) in [6.45, 7) is 1.05. The van der Waals surface area contributed by atoms with Crippen LogP contribution in [0.3, 0.4) is 0 Å². The molecule has 2 amide bonds. The van der Waals surface area contributed by atoms with E-state index in [9.17, 15) is 24.3 Å². The standard InChI is InChI=1S/C29H39N5O6/c1-18(30)27(39)33-28(40)29(11-9-22(14-29)20-5-3-2-4-6-20)34(17-25(37)38)16-19-7-8-23-21(13-19)10-12-31-26(23)32-15-24(35)36/h7-8,10,12-13,18,20,22H,2-6,9,11,14-17,30H2,1H3,(H,31,32)(H,35,36)(H,37,38)(H,33,39,40)/t18-,22?,29?/m0/s1. The van der Waals surface area contributed by atoms with Gasteiger partial charge in [-0.15, -0.1) is 0 Å². The highest BCUT2D eigenvalue weighted by atomic mass is 16.4. The molecule has 0 bridgehead atoms. The maximum atomic E-state index is 13.8. The Morgan fingerprint density at radius 1 is 1.07 bits per heavy atom. The van der Waals surface area contributed by atoms with Gasteiger partial charge in [0.05, 0.1) is 12.6 Å². The first-order valence-corrected chi connectivity index (χ1v) is 14.0. The zero-order valence-corrected chi connectivity index (χ0v) is 22.9. The van der Waals surface area contributed by atoms with Gasteiger partial charge in [0.2, 0.25) is 11.8 Å². The van der Waals surface area contributed by atoms with Crippen molar-refractivity contribution >= 4 is 40.3 Å². The number of benzene rings is 1. The molecule has 2 saturated carbocycles. The van der Waals surface area contributed by atoms with Crippen molar-refractivity contribution in [2.45, 2.75) is 76.4 Å². The molecule has 40 heavy (non-hydrogen) atoms. The summed E-state index contributed by atoms with van der Waals surface area (Å²) in [5, 5.41) is 25.7. The first-order chi connectivity index (χ1) is 19.1. The summed E-state index contributed by atoms with van der Waals surface area (Å²) < 4.78 is 0. The molecule has 1 aromatic heterocycles. The SMILES string of the molecule is C[C@H](N)C(=O)NC(=O)C1(N(CC(=O)O)Cc2ccc3c(NCC(=O)O)nccc3c2)CCC(C2CCCCC2)C1. The number of hydrogen-bond donors (Lipinski definition) is 5. The third-order valence-corrected chi connectivity index (χ3v) is 8.46. The largest absolute Gasteiger partial charge is 0.480 e. The molecule has 11 heteroatoms. The van der Waals surface area contributed by atoms with Crippen LogP contribution >= 0.6 is 0 Å². The normalized spacial score (nSPS) is 22.2. The van der Waals surface area contributed by atoms with Crippen LogP contribution in [-0.2, 0) is 25.7 Å². The molecule has 2 unspecified atom stereocenters. The molecule has 1 aromatic carbocycles. The second-order valence-electron chi connectivity index (χ2n) is 11.3. The fraction of sp³-hybridized carbons (Fsp3) is 0.552. The number of nitrogens with one attached hydrogen (secondary N) is 2. The number of carbonyl (C=O) groups is 4. The minimum absolute atomic E-state index is 0.180. The van der Waals surface area contributed by atoms with Crippen LogP contribution in [0.15, 0.2) is 30.5 Å². The molecular weight excluding hydrogens is 514 g/mol. The Balaban J connectivity index is 1.66. The third-order valence-electron chi connectivity index (χ3n) is 8.46. The summed E-state index contributed by atoms with van der Waals surface area (Å²) in [5.41, 5.74) is 5.37. The van der Waals surface area contributed by atoms with Crippen LogP contribution in [0.5, 0.6) is 0 Å². The molecule has 6 N–H and O–H groups in total. The number of anilines is 1. The maximum absolute atomic E-state index is 13.8. The second kappa shape index (κ2) is 12.7. The average molecular weight is 554 g/mol. The number of nitrogens with zero attached hydrogens (tertiary/aromatic N) is 2. The molecule has 3 atom stereocenters. The Morgan fingerprint density at radius 2 is 1.82 bits per heavy atom. The Bertz CT molecular complexity index is 1260. The molecule has 11 nitrogen and oxygen atoms in total. The fourth-order valence-electron chi connectivity index (χ4n) is 6.42. The van der Waals surface area contributed by atoms with Gasteiger partial charge in [-0.05, 0) is 61.1 Å². The molecule has 4 rings (SSSR count). The molecule has 2 aliphatic rings. The van der Waals surface area contributed by atoms with Gasteiger partial charge in [0.25, 0.3) is 0 Å². The van der Waals surface area contributed by atoms with Crippen molar-refractivity contribution in [3.63, 3.8) is 0 Å². The van der Waals surface area contributed by atoms with E-state index in [1.807, 2.05) is 18.2 Å². The van der Waals surface area contributed by atoms with Gasteiger partial charge in [-0.2, -0.15) is 0 Å². The van der Waals surface area contributed by atoms with Crippen molar-refractivity contribution in [1.29, 1.82) is 0 Å². The zero-order valence-electron chi connectivity index (χ0n) is 22.9. The number of aliphatic carboxylic acids is 2. The smallest absolute Gasteiger partial charge is 0.322 e. The lowest BCUT2D eigenvalue weighted by Crippen LogP contribution is -2.60. The van der Waals surface area contributed by atoms with Crippen LogP contribution in [-0.4, -0.2) is 68.5 Å². The summed E-state index contributed by atoms with van der Waals surface area (Å²) >= 11 is 0. The van der Waals surface area contributed by atoms with Gasteiger partial charge in [-0.3, -0.25) is 29.4 Å². The van der Waals surface area contributed by atoms with Crippen molar-refractivity contribution in [2.24, 2.45) is 17.6 Å². The van der Waals surface area contributed by atoms with Crippen LogP contribution in [0.1, 0.15) is 63.9 Å². The van der Waals surface area contributed by atoms with E-state index >= 15 is 0 Å². The predicted octanol–water partition coefficient (Wildman–Crippen LogP) is 2.73. The average Bonchev–Trinajstić information content (AvgIpc) is 3.38. The van der Waals surface area contributed by atoms with Crippen molar-refractivity contribution in [2.75, 3.05) is 18.4 Å². The van der Waals surface area contributed by atoms with Crippen LogP contribution in [0.4, 0.5) is 5.82 Å². The van der Waals surface area contributed by atoms with Crippen molar-refractivity contribution in [3.05, 3.63) is 36.0 Å². The van der Waals surface area contributed by atoms with Gasteiger partial charge in [0.15, 0.2) is 0 Å². The van der Waals surface area contributed by atoms with Gasteiger partial charge >= 0.3 is 11.9 Å². The number of carboxylic acids is 2. The third kappa shape index (κ3) is 6.76. The molecule has 216 valence electrons. The number of carbonyl (C=O) groups excluding carboxylic acids is 2. The first-order valence-electron chi connectivity index (χ1n) is 14.0. The second-order valence-corrected chi connectivity index (χ2v) is 11.3. The predicted molar refractivity (Wildman–Crippen MR) is 149 cm³/mol. The Hall–Kier alpha value is -3.57. The lowest BCUT2D eigenvalue weighted by atomic mass is 9.78. The van der Waals surface area contributed by atoms with E-state index in [4.69, 9.17) is 10.8 Å². The number of fused-ring (bicyclic) bond motifs is 1. The lowest BCUT2D eigenvalue weighted by Gasteiger charge is -2.40. The quantitative estimate of drug-likeness (QED) is 0.278. The van der Waals surface area contributed by atoms with Gasteiger partial charge in [-0.25, -0.2) is 4.98 Å². The highest BCUT2D eigenvalue weighted by molar-refractivity contribution is 6.02. The van der Waals surface area contributed by atoms with Crippen molar-refractivity contribution in [1.82, 2.24) is 15.2 Å². The number of amides is 2. The minimum Gasteiger partial charge on any atom is -0.480 e. The number of imide groups is 1. The molecule has 2 aliphatic carbocycles. The van der Waals surface area contributed by atoms with E-state index in [1.165, 1.54) is 13.3 Å². The minimum atomic E-state index is -1.16. The Kier molecular flexibility index (Phi) is 9.36. The fourth-order valence-corrected chi connectivity index (χ4v) is 6.42. The highest BCUT2D eigenvalue weighted by Gasteiger charge is 2.52. The van der Waals surface area contributed by atoms with Crippen molar-refractivity contribution < 1.29 is 29.4 Å². The summed E-state index contributed by atoms with van der Waals surface area (Å²) in [7, 11) is 0. The number of pyridine rings is 1. The molecule has 2 aromatic rings. The number of carboxylic acid groups (broad SMARTS) is 2. The summed E-state index contributed by atoms with van der Waals surface area (Å²) in [5.74, 6) is -1.93. The van der Waals surface area contributed by atoms with E-state index < -0.39 is 35.3 Å². The number of nitrogens with two attached hydrogens (primary N) is 1. The molecule has 0 radical (unpaired) electrons. The molecule has 0 spiro atoms. The molecule has 1 heterocycles. The van der Waals surface area contributed by atoms with Gasteiger partial charge in [0.1, 0.15) is 17.9 Å². The van der Waals surface area contributed by atoms with Crippen LogP contribution in [0.25, 0.3) is 10.8 Å². The monoisotopic (exact) mass is 553 g/mol. The number of rotatable bonds is 11. The lowest BCUT2D eigenvalue weighted by molar-refractivity contribution is -0.145. The number of aromatic nitrogens is 1. The van der Waals surface area contributed by atoms with E-state index in [-0.39, 0.29) is 25.6 Å². The summed E-state index contributed by atoms with van der Waals surface area (Å²) in [6, 6.07) is 6.46. The number of hydrogen-bond acceptors (Lipinski definition) is 8. The van der Waals surface area contributed by atoms with Crippen LogP contribution in [0, 0.1) is 11.8 Å². The van der Waals surface area contributed by atoms with Crippen LogP contribution < -0.4 is 16.4 Å². The summed E-state index contributed by atoms with van der Waals surface area (Å²) in [4.78, 5) is 55.3. The topological polar surface area (TPSA) is 175 Å². The zero-order chi connectivity index (χ0) is 28.9. The van der Waals surface area contributed by atoms with Crippen LogP contribution in [0.2, 0.25) is 0 Å². The van der Waals surface area contributed by atoms with Gasteiger partial charge in [-0.1, -0.05) is 44.2 Å². The Morgan fingerprint density at radius 3 is 2.50 bits per heavy atom. The summed E-state index contributed by atoms with van der Waals surface area (Å²) in [6.07, 6.45) is 9.08. The van der Waals surface area contributed by atoms with Crippen molar-refractivity contribution in [3.8, 4) is 0 Å². The van der Waals surface area contributed by atoms with E-state index in [0.717, 1.165) is 48.4 Å². The van der Waals surface area contributed by atoms with Gasteiger partial charge in [0, 0.05) is 18.1 Å². The molecule has 0 aliphatic heterocycles.